The Morgan fingerprint density at radius 3 is 1.07 bits per heavy atom. The molecule has 0 unspecified atom stereocenters. The van der Waals surface area contributed by atoms with Crippen LogP contribution in [0.4, 0.5) is 0 Å². The van der Waals surface area contributed by atoms with Crippen LogP contribution in [0.25, 0.3) is 0 Å². The summed E-state index contributed by atoms with van der Waals surface area (Å²) in [6.07, 6.45) is 1.39. The van der Waals surface area contributed by atoms with E-state index in [1.165, 1.54) is 17.9 Å². The number of carbonyl (C=O) groups excluding carboxylic acids is 4. The van der Waals surface area contributed by atoms with Crippen molar-refractivity contribution in [2.75, 3.05) is 11.5 Å². The first kappa shape index (κ1) is 29.4. The molecule has 0 aromatic rings. The third-order valence-corrected chi connectivity index (χ3v) is 2.80. The van der Waals surface area contributed by atoms with Crippen LogP contribution in [0.5, 0.6) is 0 Å². The summed E-state index contributed by atoms with van der Waals surface area (Å²) < 4.78 is 0. The average Bonchev–Trinajstić information content (AvgIpc) is 2.41. The van der Waals surface area contributed by atoms with Gasteiger partial charge in [0.15, 0.2) is 0 Å². The molecule has 0 aromatic heterocycles. The van der Waals surface area contributed by atoms with Gasteiger partial charge in [0, 0.05) is 0 Å². The Hall–Kier alpha value is -0.101. The minimum Gasteiger partial charge on any atom is -0.545 e. The van der Waals surface area contributed by atoms with Crippen molar-refractivity contribution in [3.05, 3.63) is 5.08 Å². The fraction of sp³-hybridized carbons (Fsp3) is 0.375. The predicted octanol–water partition coefficient (Wildman–Crippen LogP) is 0.877. The molecule has 0 saturated carbocycles. The van der Waals surface area contributed by atoms with Gasteiger partial charge in [0.2, 0.25) is 0 Å². The zero-order valence-electron chi connectivity index (χ0n) is 7.81. The molecular formula is C8H11FeO4S2. The van der Waals surface area contributed by atoms with Crippen LogP contribution in [0.2, 0.25) is 0 Å². The summed E-state index contributed by atoms with van der Waals surface area (Å²) in [5.74, 6) is 2.68. The van der Waals surface area contributed by atoms with Crippen molar-refractivity contribution >= 4 is 50.7 Å². The second kappa shape index (κ2) is 66.5. The minimum atomic E-state index is 0. The van der Waals surface area contributed by atoms with Gasteiger partial charge in [0.05, 0.1) is 0 Å². The van der Waals surface area contributed by atoms with Crippen LogP contribution >= 0.6 is 23.5 Å². The smallest absolute Gasteiger partial charge is 0.545 e. The monoisotopic (exact) mass is 291 g/mol. The predicted molar refractivity (Wildman–Crippen MR) is 60.8 cm³/mol. The third kappa shape index (κ3) is 56.5. The molecule has 0 N–H and O–H groups in total. The molecule has 0 aliphatic carbocycles. The molecule has 4 nitrogen and oxygen atoms in total. The van der Waals surface area contributed by atoms with Crippen LogP contribution in [0.15, 0.2) is 0 Å². The first-order valence-electron chi connectivity index (χ1n) is 2.99. The molecule has 1 aliphatic heterocycles. The molecule has 0 aromatic carbocycles. The molecule has 0 amide bonds. The van der Waals surface area contributed by atoms with Gasteiger partial charge < -0.3 is 42.7 Å². The van der Waals surface area contributed by atoms with E-state index in [0.717, 1.165) is 0 Å². The Bertz CT molecular complexity index is 67.5. The fourth-order valence-electron chi connectivity index (χ4n) is 0.370. The Kier molecular flexibility index (Phi) is 130. The summed E-state index contributed by atoms with van der Waals surface area (Å²) in [6, 6.07) is 0. The molecule has 1 rings (SSSR count). The van der Waals surface area contributed by atoms with Gasteiger partial charge in [-0.05, 0) is 17.9 Å². The maximum absolute atomic E-state index is 7.75. The quantitative estimate of drug-likeness (QED) is 0.375. The van der Waals surface area contributed by atoms with Crippen LogP contribution in [-0.4, -0.2) is 38.7 Å². The first-order valence-corrected chi connectivity index (χ1v) is 5.09. The molecule has 0 atom stereocenters. The average molecular weight is 291 g/mol. The van der Waals surface area contributed by atoms with Crippen molar-refractivity contribution in [2.24, 2.45) is 0 Å². The van der Waals surface area contributed by atoms with E-state index in [2.05, 4.69) is 32.2 Å². The van der Waals surface area contributed by atoms with Gasteiger partial charge in [-0.2, -0.15) is 0 Å². The molecule has 87 valence electrons. The topological polar surface area (TPSA) is 68.3 Å². The number of thioether (sulfide) groups is 2. The molecule has 7 heteroatoms. The van der Waals surface area contributed by atoms with E-state index in [1.807, 2.05) is 23.5 Å². The Morgan fingerprint density at radius 1 is 0.733 bits per heavy atom. The zero-order valence-corrected chi connectivity index (χ0v) is 10.5. The van der Waals surface area contributed by atoms with Crippen molar-refractivity contribution in [1.29, 1.82) is 0 Å². The van der Waals surface area contributed by atoms with E-state index in [-0.39, 0.29) is 17.1 Å². The standard InChI is InChI=1S/C4H7S2.4CHO.Fe/c1-2-5-4-6-3-1;4*1-2;/h4H,1-3H2;4*1H;/q5*-1;+5. The van der Waals surface area contributed by atoms with Gasteiger partial charge in [-0.1, -0.05) is 0 Å². The second-order valence-corrected chi connectivity index (χ2v) is 3.44. The normalized spacial score (nSPS) is 10.7. The van der Waals surface area contributed by atoms with E-state index < -0.39 is 0 Å². The van der Waals surface area contributed by atoms with Gasteiger partial charge >= 0.3 is 17.1 Å². The van der Waals surface area contributed by atoms with Crippen LogP contribution in [0.3, 0.4) is 0 Å². The van der Waals surface area contributed by atoms with Gasteiger partial charge in [-0.15, -0.1) is 0 Å². The summed E-state index contributed by atoms with van der Waals surface area (Å²) in [6.45, 7) is 13.0. The summed E-state index contributed by atoms with van der Waals surface area (Å²) in [4.78, 5) is 31.0. The molecule has 1 heterocycles. The van der Waals surface area contributed by atoms with Gasteiger partial charge in [0.1, 0.15) is 0 Å². The number of hydrogen-bond donors (Lipinski definition) is 0. The Morgan fingerprint density at radius 2 is 1.00 bits per heavy atom. The van der Waals surface area contributed by atoms with Crippen molar-refractivity contribution < 1.29 is 36.2 Å². The summed E-state index contributed by atoms with van der Waals surface area (Å²) >= 11 is 3.87. The van der Waals surface area contributed by atoms with Gasteiger partial charge in [-0.3, -0.25) is 27.2 Å². The third-order valence-electron chi connectivity index (χ3n) is 0.660. The molecule has 0 spiro atoms. The summed E-state index contributed by atoms with van der Waals surface area (Å²) in [5, 5.41) is 2.23. The largest absolute Gasteiger partial charge is 5.00 e. The van der Waals surface area contributed by atoms with Crippen molar-refractivity contribution in [3.63, 3.8) is 0 Å². The Labute approximate surface area is 110 Å². The van der Waals surface area contributed by atoms with Gasteiger partial charge in [-0.25, -0.2) is 5.08 Å². The summed E-state index contributed by atoms with van der Waals surface area (Å²) in [7, 11) is 0. The van der Waals surface area contributed by atoms with E-state index in [4.69, 9.17) is 19.2 Å². The molecule has 1 aliphatic rings. The molecule has 1 fully saturated rings. The van der Waals surface area contributed by atoms with Crippen LogP contribution in [0, 0.1) is 5.08 Å². The number of hydrogen-bond acceptors (Lipinski definition) is 6. The van der Waals surface area contributed by atoms with Crippen LogP contribution < -0.4 is 0 Å². The van der Waals surface area contributed by atoms with E-state index >= 15 is 0 Å². The van der Waals surface area contributed by atoms with Crippen LogP contribution in [-0.2, 0) is 36.2 Å². The number of rotatable bonds is 0. The summed E-state index contributed by atoms with van der Waals surface area (Å²) in [5.41, 5.74) is 0. The van der Waals surface area contributed by atoms with Gasteiger partial charge in [0.25, 0.3) is 0 Å². The van der Waals surface area contributed by atoms with E-state index in [0.29, 0.717) is 0 Å². The maximum atomic E-state index is 7.75. The van der Waals surface area contributed by atoms with Crippen molar-refractivity contribution in [1.82, 2.24) is 0 Å². The van der Waals surface area contributed by atoms with Crippen LogP contribution in [0.1, 0.15) is 6.42 Å². The SMILES string of the molecule is [CH-]1SCCCS1.[CH-]=O.[CH-]=O.[CH-]=O.[CH-]=O.[Fe+5]. The molecular weight excluding hydrogens is 280 g/mol. The molecule has 15 heavy (non-hydrogen) atoms. The Balaban J connectivity index is -0.0000000325. The molecule has 0 bridgehead atoms. The second-order valence-electron chi connectivity index (χ2n) is 1.19. The molecule has 1 saturated heterocycles. The fourth-order valence-corrected chi connectivity index (χ4v) is 2.33. The minimum absolute atomic E-state index is 0. The zero-order chi connectivity index (χ0) is 12.2. The maximum Gasteiger partial charge on any atom is 5.00 e. The van der Waals surface area contributed by atoms with Crippen molar-refractivity contribution in [3.8, 4) is 0 Å². The van der Waals surface area contributed by atoms with E-state index in [9.17, 15) is 0 Å². The molecule has 1 radical (unpaired) electrons. The first-order chi connectivity index (χ1) is 7.00. The van der Waals surface area contributed by atoms with E-state index in [1.54, 1.807) is 0 Å². The van der Waals surface area contributed by atoms with Crippen molar-refractivity contribution in [2.45, 2.75) is 6.42 Å².